The second-order valence-corrected chi connectivity index (χ2v) is 26.9. The lowest BCUT2D eigenvalue weighted by atomic mass is 10.2. The van der Waals surface area contributed by atoms with E-state index in [4.69, 9.17) is 30.9 Å². The van der Waals surface area contributed by atoms with Crippen LogP contribution in [0.2, 0.25) is 0 Å². The molecule has 0 aliphatic carbocycles. The molecule has 0 saturated carbocycles. The molecule has 504 valence electrons. The van der Waals surface area contributed by atoms with Gasteiger partial charge in [-0.1, -0.05) is 57.7 Å². The average Bonchev–Trinajstić information content (AvgIpc) is 1.73. The number of fused-ring (bicyclic) bond motifs is 3. The van der Waals surface area contributed by atoms with Crippen LogP contribution in [0.4, 0.5) is 15.0 Å². The molecule has 0 aliphatic rings. The molecule has 0 aliphatic heterocycles. The van der Waals surface area contributed by atoms with E-state index in [2.05, 4.69) is 45.1 Å². The predicted molar refractivity (Wildman–Crippen MR) is 378 cm³/mol. The third kappa shape index (κ3) is 18.7. The number of rotatable bonds is 22. The van der Waals surface area contributed by atoms with Crippen LogP contribution >= 0.6 is 34.0 Å². The van der Waals surface area contributed by atoms with E-state index in [0.717, 1.165) is 60.3 Å². The van der Waals surface area contributed by atoms with Crippen LogP contribution in [0, 0.1) is 6.92 Å². The largest absolute Gasteiger partial charge is 0.508 e. The molecule has 0 spiro atoms. The highest BCUT2D eigenvalue weighted by molar-refractivity contribution is 7.86. The predicted octanol–water partition coefficient (Wildman–Crippen LogP) is 11.1. The number of nitrogens with zero attached hydrogens (tertiary/aromatic N) is 6. The number of nitrogens with one attached hydrogen (secondary N) is 3. The first kappa shape index (κ1) is 72.9. The summed E-state index contributed by atoms with van der Waals surface area (Å²) in [6.07, 6.45) is 5.74. The van der Waals surface area contributed by atoms with Crippen LogP contribution in [-0.4, -0.2) is 98.5 Å². The van der Waals surface area contributed by atoms with Gasteiger partial charge in [0, 0.05) is 50.4 Å². The van der Waals surface area contributed by atoms with Crippen molar-refractivity contribution in [1.29, 1.82) is 0 Å². The van der Waals surface area contributed by atoms with Crippen molar-refractivity contribution in [1.82, 2.24) is 45.3 Å². The molecule has 0 radical (unpaired) electrons. The summed E-state index contributed by atoms with van der Waals surface area (Å²) in [5.74, 6) is 0.455. The Morgan fingerprint density at radius 1 is 0.495 bits per heavy atom. The number of phenolic OH excluding ortho intramolecular Hbond substituents is 1. The van der Waals surface area contributed by atoms with E-state index in [0.29, 0.717) is 72.2 Å². The van der Waals surface area contributed by atoms with Crippen LogP contribution in [0.3, 0.4) is 0 Å². The van der Waals surface area contributed by atoms with Gasteiger partial charge in [0.15, 0.2) is 17.1 Å². The zero-order valence-corrected chi connectivity index (χ0v) is 57.8. The molecule has 24 nitrogen and oxygen atoms in total. The smallest absolute Gasteiger partial charge is 0.296 e. The lowest BCUT2D eigenvalue weighted by molar-refractivity contribution is 0.0929. The lowest BCUT2D eigenvalue weighted by Crippen LogP contribution is -2.33. The molecule has 10 aromatic rings. The number of aryl methyl sites for hydroxylation is 1. The number of anilines is 3. The molecule has 0 bridgehead atoms. The molecule has 6 heterocycles. The van der Waals surface area contributed by atoms with Gasteiger partial charge in [-0.3, -0.25) is 33.0 Å². The first-order chi connectivity index (χ1) is 45.3. The lowest BCUT2D eigenvalue weighted by Gasteiger charge is -2.12. The Morgan fingerprint density at radius 2 is 0.800 bits per heavy atom. The standard InChI is InChI=1S/2C20H24N4O3S.C16H16N4O3S.C11H16O3S/c2*1-4-5-10-27-14-8-6-13(7-9-14)24-20(26)16-15(11-28-18(16)21)17(23-24)19(25)22-12(2)3;1-8(2)18-15(22)13-11-7-24-14(17)12(11)16(23)20(19-13)9-3-5-10(21)6-4-9;1-3-4-9-14-15(12,13)11-7-5-10(2)6-8-11/h2*6-9,11-12H,4-5,10,21H2,1-3H3,(H,22,25);3-8,21H,17H2,1-2H3,(H,18,22);5-8H,3-4,9H2,1-2H3. The fourth-order valence-electron chi connectivity index (χ4n) is 8.95. The number of carbonyl (C=O) groups excluding carboxylic acids is 3. The molecule has 0 atom stereocenters. The number of benzene rings is 4. The van der Waals surface area contributed by atoms with Crippen LogP contribution in [0.15, 0.2) is 132 Å². The number of thiophene rings is 3. The number of phenols is 1. The highest BCUT2D eigenvalue weighted by atomic mass is 32.2. The topological polar surface area (TPSA) is 352 Å². The molecule has 0 unspecified atom stereocenters. The quantitative estimate of drug-likeness (QED) is 0.0245. The van der Waals surface area contributed by atoms with Gasteiger partial charge < -0.3 is 47.7 Å². The zero-order valence-electron chi connectivity index (χ0n) is 54.6. The van der Waals surface area contributed by atoms with E-state index < -0.39 is 15.7 Å². The van der Waals surface area contributed by atoms with Crippen LogP contribution < -0.4 is 59.3 Å². The highest BCUT2D eigenvalue weighted by Crippen LogP contribution is 2.31. The van der Waals surface area contributed by atoms with Crippen LogP contribution in [-0.2, 0) is 14.3 Å². The third-order valence-corrected chi connectivity index (χ3v) is 17.5. The van der Waals surface area contributed by atoms with Gasteiger partial charge >= 0.3 is 0 Å². The number of aromatic nitrogens is 6. The van der Waals surface area contributed by atoms with Crippen LogP contribution in [0.5, 0.6) is 17.2 Å². The summed E-state index contributed by atoms with van der Waals surface area (Å²) in [6.45, 7) is 20.8. The summed E-state index contributed by atoms with van der Waals surface area (Å²) >= 11 is 3.64. The summed E-state index contributed by atoms with van der Waals surface area (Å²) in [7, 11) is -3.55. The van der Waals surface area contributed by atoms with Gasteiger partial charge in [-0.2, -0.15) is 37.8 Å². The Bertz CT molecular complexity index is 4410. The van der Waals surface area contributed by atoms with E-state index in [9.17, 15) is 42.3 Å². The second kappa shape index (κ2) is 33.6. The fraction of sp³-hybridized carbons (Fsp3) is 0.328. The van der Waals surface area contributed by atoms with Crippen molar-refractivity contribution in [2.75, 3.05) is 37.0 Å². The van der Waals surface area contributed by atoms with Crippen molar-refractivity contribution in [3.05, 3.63) is 167 Å². The summed E-state index contributed by atoms with van der Waals surface area (Å²) in [5.41, 5.74) is 19.9. The first-order valence-corrected chi connectivity index (χ1v) is 34.9. The molecule has 6 aromatic heterocycles. The van der Waals surface area contributed by atoms with Gasteiger partial charge in [-0.25, -0.2) is 0 Å². The van der Waals surface area contributed by atoms with Crippen molar-refractivity contribution < 1.29 is 41.6 Å². The number of nitrogens with two attached hydrogens (primary N) is 3. The van der Waals surface area contributed by atoms with Crippen molar-refractivity contribution in [2.45, 2.75) is 131 Å². The van der Waals surface area contributed by atoms with Gasteiger partial charge in [0.05, 0.1) is 72.9 Å². The van der Waals surface area contributed by atoms with Gasteiger partial charge in [0.1, 0.15) is 17.2 Å². The highest BCUT2D eigenvalue weighted by Gasteiger charge is 2.25. The summed E-state index contributed by atoms with van der Waals surface area (Å²) in [4.78, 5) is 76.6. The number of carbonyl (C=O) groups is 3. The van der Waals surface area contributed by atoms with E-state index in [1.807, 2.05) is 55.4 Å². The van der Waals surface area contributed by atoms with E-state index in [-0.39, 0.29) is 86.7 Å². The number of unbranched alkanes of at least 4 members (excludes halogenated alkanes) is 3. The summed E-state index contributed by atoms with van der Waals surface area (Å²) < 4.78 is 42.9. The monoisotopic (exact) mass is 1370 g/mol. The molecular weight excluding hydrogens is 1290 g/mol. The maximum Gasteiger partial charge on any atom is 0.296 e. The Morgan fingerprint density at radius 3 is 1.11 bits per heavy atom. The SMILES string of the molecule is CC(C)NC(=O)c1nn(-c2ccc(O)cc2)c(=O)c2c(N)scc12.CCCCOS(=O)(=O)c1ccc(C)cc1.CCCCOc1ccc(-n2nc(C(=O)NC(C)C)c3csc(N)c3c2=O)cc1.CCCCOc1ccc(-n2nc(C(=O)NC(C)C)c3csc(N)c3c2=O)cc1. The maximum atomic E-state index is 13.0. The van der Waals surface area contributed by atoms with Crippen LogP contribution in [0.25, 0.3) is 49.4 Å². The Hall–Kier alpha value is -9.48. The van der Waals surface area contributed by atoms with Crippen LogP contribution in [0.1, 0.15) is 138 Å². The van der Waals surface area contributed by atoms with Crippen molar-refractivity contribution in [3.63, 3.8) is 0 Å². The fourth-order valence-corrected chi connectivity index (χ4v) is 12.3. The van der Waals surface area contributed by atoms with E-state index in [1.165, 1.54) is 55.5 Å². The molecule has 0 saturated heterocycles. The number of hydrogen-bond acceptors (Lipinski definition) is 21. The Kier molecular flexibility index (Phi) is 25.8. The van der Waals surface area contributed by atoms with E-state index in [1.54, 1.807) is 101 Å². The molecule has 95 heavy (non-hydrogen) atoms. The Labute approximate surface area is 561 Å². The molecular formula is C67H80N12O12S4. The van der Waals surface area contributed by atoms with Crippen molar-refractivity contribution >= 4 is 109 Å². The number of hydrogen-bond donors (Lipinski definition) is 7. The zero-order chi connectivity index (χ0) is 69.3. The molecule has 0 fully saturated rings. The van der Waals surface area contributed by atoms with E-state index >= 15 is 0 Å². The molecule has 3 amide bonds. The normalized spacial score (nSPS) is 11.2. The minimum atomic E-state index is -3.55. The van der Waals surface area contributed by atoms with Crippen molar-refractivity contribution in [3.8, 4) is 34.3 Å². The number of ether oxygens (including phenoxy) is 2. The maximum absolute atomic E-state index is 13.0. The average molecular weight is 1370 g/mol. The Balaban J connectivity index is 0.000000183. The van der Waals surface area contributed by atoms with Gasteiger partial charge in [0.25, 0.3) is 44.5 Å². The molecule has 4 aromatic carbocycles. The summed E-state index contributed by atoms with van der Waals surface area (Å²) in [6, 6.07) is 26.6. The molecule has 10 N–H and O–H groups in total. The summed E-state index contributed by atoms with van der Waals surface area (Å²) in [5, 5.41) is 39.2. The number of aromatic hydroxyl groups is 1. The third-order valence-electron chi connectivity index (χ3n) is 13.8. The number of amides is 3. The van der Waals surface area contributed by atoms with Gasteiger partial charge in [-0.15, -0.1) is 34.0 Å². The van der Waals surface area contributed by atoms with Crippen molar-refractivity contribution in [2.24, 2.45) is 0 Å². The number of nitrogen functional groups attached to an aromatic ring is 3. The minimum absolute atomic E-state index is 0.0553. The molecule has 28 heteroatoms. The first-order valence-electron chi connectivity index (χ1n) is 30.8. The minimum Gasteiger partial charge on any atom is -0.508 e. The van der Waals surface area contributed by atoms with Gasteiger partial charge in [-0.05, 0) is 153 Å². The second-order valence-electron chi connectivity index (χ2n) is 22.6. The molecule has 10 rings (SSSR count). The van der Waals surface area contributed by atoms with Gasteiger partial charge in [0.2, 0.25) is 0 Å².